The summed E-state index contributed by atoms with van der Waals surface area (Å²) in [5.41, 5.74) is 3.77. The summed E-state index contributed by atoms with van der Waals surface area (Å²) >= 11 is 0. The topological polar surface area (TPSA) is 84.4 Å². The molecule has 1 aliphatic heterocycles. The molecule has 2 aromatic heterocycles. The largest absolute Gasteiger partial charge is 0.468 e. The SMILES string of the molecule is C/C1=C/C=C(C(=O)Nc2nccc3c2CN(C(C)c2cnc(OCC(F)(F)F)c(C)c2)C3=O)\C=C\CC1C. The van der Waals surface area contributed by atoms with Crippen molar-refractivity contribution in [2.45, 2.75) is 52.9 Å². The van der Waals surface area contributed by atoms with E-state index in [2.05, 4.69) is 22.2 Å². The van der Waals surface area contributed by atoms with Gasteiger partial charge in [-0.25, -0.2) is 9.97 Å². The maximum Gasteiger partial charge on any atom is 0.422 e. The van der Waals surface area contributed by atoms with Crippen LogP contribution in [0.5, 0.6) is 5.88 Å². The summed E-state index contributed by atoms with van der Waals surface area (Å²) in [7, 11) is 0. The van der Waals surface area contributed by atoms with Crippen molar-refractivity contribution in [3.8, 4) is 5.88 Å². The number of aromatic nitrogens is 2. The number of carbonyl (C=O) groups is 2. The highest BCUT2D eigenvalue weighted by molar-refractivity contribution is 6.07. The van der Waals surface area contributed by atoms with Crippen LogP contribution in [0.3, 0.4) is 0 Å². The molecule has 3 heterocycles. The summed E-state index contributed by atoms with van der Waals surface area (Å²) < 4.78 is 42.3. The average Bonchev–Trinajstić information content (AvgIpc) is 3.20. The summed E-state index contributed by atoms with van der Waals surface area (Å²) in [6, 6.07) is 2.83. The van der Waals surface area contributed by atoms with Gasteiger partial charge < -0.3 is 15.0 Å². The molecule has 38 heavy (non-hydrogen) atoms. The molecule has 0 radical (unpaired) electrons. The number of nitrogens with zero attached hydrogens (tertiary/aromatic N) is 3. The Morgan fingerprint density at radius 2 is 2.03 bits per heavy atom. The lowest BCUT2D eigenvalue weighted by atomic mass is 9.95. The van der Waals surface area contributed by atoms with Crippen LogP contribution < -0.4 is 10.1 Å². The number of allylic oxidation sites excluding steroid dienone is 4. The monoisotopic (exact) mass is 526 g/mol. The number of amides is 2. The molecule has 1 N–H and O–H groups in total. The van der Waals surface area contributed by atoms with Gasteiger partial charge in [0, 0.05) is 34.7 Å². The number of hydrogen-bond acceptors (Lipinski definition) is 5. The zero-order valence-electron chi connectivity index (χ0n) is 21.6. The van der Waals surface area contributed by atoms with Crippen molar-refractivity contribution < 1.29 is 27.5 Å². The van der Waals surface area contributed by atoms with Crippen molar-refractivity contribution in [2.24, 2.45) is 5.92 Å². The first-order valence-electron chi connectivity index (χ1n) is 12.3. The molecule has 1 aliphatic carbocycles. The highest BCUT2D eigenvalue weighted by Crippen LogP contribution is 2.35. The lowest BCUT2D eigenvalue weighted by Gasteiger charge is -2.25. The van der Waals surface area contributed by atoms with Crippen molar-refractivity contribution in [3.63, 3.8) is 0 Å². The third-order valence-electron chi connectivity index (χ3n) is 6.83. The fraction of sp³-hybridized carbons (Fsp3) is 0.357. The second-order valence-electron chi connectivity index (χ2n) is 9.62. The molecule has 0 saturated carbocycles. The van der Waals surface area contributed by atoms with Gasteiger partial charge in [0.1, 0.15) is 5.82 Å². The quantitative estimate of drug-likeness (QED) is 0.511. The Morgan fingerprint density at radius 3 is 2.74 bits per heavy atom. The molecule has 2 aliphatic rings. The standard InChI is InChI=1S/C28H29F3N4O3/c1-16-6-5-7-20(9-8-17(16)2)25(36)34-24-23-14-35(27(37)22(23)10-11-32-24)19(4)21-12-18(3)26(33-13-21)38-15-28(29,30)31/h5,7-13,16,19H,6,14-15H2,1-4H3,(H,32,34,36)/b7-5+,17-8-,20-9+. The van der Waals surface area contributed by atoms with E-state index in [1.165, 1.54) is 18.0 Å². The minimum atomic E-state index is -4.47. The van der Waals surface area contributed by atoms with Crippen molar-refractivity contribution in [1.29, 1.82) is 0 Å². The zero-order valence-corrected chi connectivity index (χ0v) is 21.6. The van der Waals surface area contributed by atoms with Gasteiger partial charge in [-0.15, -0.1) is 0 Å². The van der Waals surface area contributed by atoms with Crippen LogP contribution in [-0.4, -0.2) is 39.5 Å². The molecular formula is C28H29F3N4O3. The molecule has 0 bridgehead atoms. The maximum absolute atomic E-state index is 13.3. The number of pyridine rings is 2. The third-order valence-corrected chi connectivity index (χ3v) is 6.83. The molecule has 2 unspecified atom stereocenters. The van der Waals surface area contributed by atoms with Gasteiger partial charge in [0.15, 0.2) is 6.61 Å². The summed E-state index contributed by atoms with van der Waals surface area (Å²) in [4.78, 5) is 36.3. The smallest absolute Gasteiger partial charge is 0.422 e. The normalized spacial score (nSPS) is 21.8. The molecule has 0 spiro atoms. The van der Waals surface area contributed by atoms with Crippen LogP contribution in [0.1, 0.15) is 60.3 Å². The van der Waals surface area contributed by atoms with Gasteiger partial charge in [0.2, 0.25) is 5.88 Å². The van der Waals surface area contributed by atoms with Gasteiger partial charge in [-0.1, -0.05) is 30.7 Å². The predicted octanol–water partition coefficient (Wildman–Crippen LogP) is 5.85. The lowest BCUT2D eigenvalue weighted by Crippen LogP contribution is -2.27. The number of ether oxygens (including phenoxy) is 1. The van der Waals surface area contributed by atoms with E-state index >= 15 is 0 Å². The second kappa shape index (κ2) is 10.8. The van der Waals surface area contributed by atoms with Crippen LogP contribution >= 0.6 is 0 Å². The molecule has 0 aromatic carbocycles. The molecule has 4 rings (SSSR count). The zero-order chi connectivity index (χ0) is 27.6. The fourth-order valence-electron chi connectivity index (χ4n) is 4.32. The Balaban J connectivity index is 1.51. The number of halogens is 3. The fourth-order valence-corrected chi connectivity index (χ4v) is 4.32. The summed E-state index contributed by atoms with van der Waals surface area (Å²) in [5, 5.41) is 2.85. The van der Waals surface area contributed by atoms with E-state index in [4.69, 9.17) is 4.74 Å². The average molecular weight is 527 g/mol. The van der Waals surface area contributed by atoms with Gasteiger partial charge in [-0.2, -0.15) is 13.2 Å². The lowest BCUT2D eigenvalue weighted by molar-refractivity contribution is -0.154. The third kappa shape index (κ3) is 5.95. The van der Waals surface area contributed by atoms with Crippen molar-refractivity contribution >= 4 is 17.6 Å². The van der Waals surface area contributed by atoms with E-state index in [1.54, 1.807) is 36.1 Å². The van der Waals surface area contributed by atoms with E-state index in [1.807, 2.05) is 26.0 Å². The number of nitrogens with one attached hydrogen (secondary N) is 1. The summed E-state index contributed by atoms with van der Waals surface area (Å²) in [6.45, 7) is 6.34. The van der Waals surface area contributed by atoms with E-state index < -0.39 is 18.8 Å². The minimum absolute atomic E-state index is 0.111. The Kier molecular flexibility index (Phi) is 7.71. The Morgan fingerprint density at radius 1 is 1.26 bits per heavy atom. The maximum atomic E-state index is 13.3. The van der Waals surface area contributed by atoms with Crippen LogP contribution in [0.4, 0.5) is 19.0 Å². The van der Waals surface area contributed by atoms with Gasteiger partial charge in [0.25, 0.3) is 11.8 Å². The van der Waals surface area contributed by atoms with Crippen molar-refractivity contribution in [3.05, 3.63) is 82.2 Å². The molecule has 0 saturated heterocycles. The van der Waals surface area contributed by atoms with Crippen molar-refractivity contribution in [2.75, 3.05) is 11.9 Å². The minimum Gasteiger partial charge on any atom is -0.468 e. The van der Waals surface area contributed by atoms with Gasteiger partial charge in [-0.05, 0) is 56.9 Å². The molecule has 200 valence electrons. The highest BCUT2D eigenvalue weighted by Gasteiger charge is 2.34. The van der Waals surface area contributed by atoms with Crippen molar-refractivity contribution in [1.82, 2.24) is 14.9 Å². The van der Waals surface area contributed by atoms with E-state index in [0.29, 0.717) is 39.6 Å². The van der Waals surface area contributed by atoms with E-state index in [9.17, 15) is 22.8 Å². The predicted molar refractivity (Wildman–Crippen MR) is 136 cm³/mol. The van der Waals surface area contributed by atoms with E-state index in [-0.39, 0.29) is 24.2 Å². The first-order valence-corrected chi connectivity index (χ1v) is 12.3. The molecule has 2 atom stereocenters. The highest BCUT2D eigenvalue weighted by atomic mass is 19.4. The number of anilines is 1. The van der Waals surface area contributed by atoms with Gasteiger partial charge in [0.05, 0.1) is 12.6 Å². The molecule has 0 fully saturated rings. The number of fused-ring (bicyclic) bond motifs is 1. The Labute approximate surface area is 219 Å². The number of carbonyl (C=O) groups excluding carboxylic acids is 2. The van der Waals surface area contributed by atoms with Gasteiger partial charge in [-0.3, -0.25) is 9.59 Å². The second-order valence-corrected chi connectivity index (χ2v) is 9.62. The number of rotatable bonds is 6. The first-order chi connectivity index (χ1) is 17.9. The Hall–Kier alpha value is -3.95. The van der Waals surface area contributed by atoms with Crippen LogP contribution in [0.2, 0.25) is 0 Å². The molecule has 2 aromatic rings. The molecular weight excluding hydrogens is 497 g/mol. The number of aryl methyl sites for hydroxylation is 1. The first kappa shape index (κ1) is 27.1. The summed E-state index contributed by atoms with van der Waals surface area (Å²) in [6.07, 6.45) is 6.72. The Bertz CT molecular complexity index is 1350. The molecule has 7 nitrogen and oxygen atoms in total. The van der Waals surface area contributed by atoms with Gasteiger partial charge >= 0.3 is 6.18 Å². The molecule has 10 heteroatoms. The van der Waals surface area contributed by atoms with Crippen LogP contribution in [0, 0.1) is 12.8 Å². The van der Waals surface area contributed by atoms with Crippen LogP contribution in [0.25, 0.3) is 0 Å². The van der Waals surface area contributed by atoms with E-state index in [0.717, 1.165) is 6.42 Å². The summed E-state index contributed by atoms with van der Waals surface area (Å²) in [5.74, 6) is 0.0338. The molecule has 2 amide bonds. The number of alkyl halides is 3. The van der Waals surface area contributed by atoms with Crippen LogP contribution in [-0.2, 0) is 11.3 Å². The number of hydrogen-bond donors (Lipinski definition) is 1. The van der Waals surface area contributed by atoms with Crippen LogP contribution in [0.15, 0.2) is 60.0 Å².